The lowest BCUT2D eigenvalue weighted by atomic mass is 9.96. The van der Waals surface area contributed by atoms with Crippen molar-refractivity contribution in [3.63, 3.8) is 0 Å². The predicted octanol–water partition coefficient (Wildman–Crippen LogP) is 3.90. The van der Waals surface area contributed by atoms with Gasteiger partial charge in [-0.25, -0.2) is 0 Å². The zero-order valence-corrected chi connectivity index (χ0v) is 16.5. The Morgan fingerprint density at radius 2 is 1.52 bits per heavy atom. The molecule has 0 bridgehead atoms. The van der Waals surface area contributed by atoms with Gasteiger partial charge in [-0.1, -0.05) is 30.4 Å². The molecule has 1 aliphatic rings. The van der Waals surface area contributed by atoms with Gasteiger partial charge in [0.2, 0.25) is 0 Å². The molecule has 0 saturated heterocycles. The molecular formula is C24H25N5. The molecule has 1 N–H and O–H groups in total. The normalized spacial score (nSPS) is 18.2. The van der Waals surface area contributed by atoms with Crippen LogP contribution >= 0.6 is 0 Å². The number of rotatable bonds is 7. The van der Waals surface area contributed by atoms with Crippen molar-refractivity contribution >= 4 is 0 Å². The summed E-state index contributed by atoms with van der Waals surface area (Å²) in [5, 5.41) is 3.50. The zero-order chi connectivity index (χ0) is 19.9. The van der Waals surface area contributed by atoms with Gasteiger partial charge in [0.05, 0.1) is 28.7 Å². The van der Waals surface area contributed by atoms with Crippen LogP contribution in [0.4, 0.5) is 0 Å². The Hall–Kier alpha value is -3.31. The molecule has 3 aromatic rings. The van der Waals surface area contributed by atoms with E-state index in [4.69, 9.17) is 0 Å². The van der Waals surface area contributed by atoms with Crippen LogP contribution in [-0.4, -0.2) is 31.9 Å². The van der Waals surface area contributed by atoms with Crippen LogP contribution in [0.5, 0.6) is 0 Å². The molecule has 29 heavy (non-hydrogen) atoms. The number of nitrogens with one attached hydrogen (secondary N) is 1. The highest BCUT2D eigenvalue weighted by Gasteiger charge is 2.31. The van der Waals surface area contributed by atoms with Crippen molar-refractivity contribution in [2.75, 3.05) is 6.54 Å². The average Bonchev–Trinajstić information content (AvgIpc) is 2.76. The Morgan fingerprint density at radius 3 is 2.03 bits per heavy atom. The van der Waals surface area contributed by atoms with Gasteiger partial charge in [-0.2, -0.15) is 0 Å². The summed E-state index contributed by atoms with van der Waals surface area (Å²) >= 11 is 0. The summed E-state index contributed by atoms with van der Waals surface area (Å²) in [5.74, 6) is 0. The van der Waals surface area contributed by atoms with E-state index in [0.717, 1.165) is 23.6 Å². The van der Waals surface area contributed by atoms with Crippen LogP contribution in [0.1, 0.15) is 30.0 Å². The van der Waals surface area contributed by atoms with E-state index in [1.165, 1.54) is 0 Å². The molecule has 0 aliphatic carbocycles. The van der Waals surface area contributed by atoms with Gasteiger partial charge < -0.3 is 5.32 Å². The number of nitrogens with zero attached hydrogens (tertiary/aromatic N) is 4. The summed E-state index contributed by atoms with van der Waals surface area (Å²) in [6.07, 6.45) is 13.8. The van der Waals surface area contributed by atoms with Gasteiger partial charge >= 0.3 is 0 Å². The molecule has 4 heterocycles. The summed E-state index contributed by atoms with van der Waals surface area (Å²) < 4.78 is 0. The highest BCUT2D eigenvalue weighted by atomic mass is 15.2. The molecule has 1 aliphatic heterocycles. The third-order valence-corrected chi connectivity index (χ3v) is 5.01. The maximum atomic E-state index is 4.68. The predicted molar refractivity (Wildman–Crippen MR) is 115 cm³/mol. The summed E-state index contributed by atoms with van der Waals surface area (Å²) in [5.41, 5.74) is 2.76. The van der Waals surface area contributed by atoms with Crippen LogP contribution in [0.3, 0.4) is 0 Å². The number of allylic oxidation sites excluding steroid dienone is 2. The first-order chi connectivity index (χ1) is 14.2. The topological polar surface area (TPSA) is 53.9 Å². The van der Waals surface area contributed by atoms with E-state index in [1.807, 2.05) is 67.3 Å². The fourth-order valence-electron chi connectivity index (χ4n) is 3.67. The smallest absolute Gasteiger partial charge is 0.0954 e. The van der Waals surface area contributed by atoms with Crippen molar-refractivity contribution in [3.8, 4) is 0 Å². The number of dihydropyridines is 1. The van der Waals surface area contributed by atoms with Gasteiger partial charge in [-0.15, -0.1) is 0 Å². The molecule has 0 radical (unpaired) electrons. The number of hydrogen-bond acceptors (Lipinski definition) is 5. The van der Waals surface area contributed by atoms with Crippen molar-refractivity contribution in [1.29, 1.82) is 0 Å². The summed E-state index contributed by atoms with van der Waals surface area (Å²) in [6.45, 7) is 3.65. The molecule has 3 aromatic heterocycles. The monoisotopic (exact) mass is 383 g/mol. The number of pyridine rings is 3. The molecule has 1 atom stereocenters. The first-order valence-electron chi connectivity index (χ1n) is 9.81. The second-order valence-electron chi connectivity index (χ2n) is 7.42. The Morgan fingerprint density at radius 1 is 0.862 bits per heavy atom. The van der Waals surface area contributed by atoms with E-state index in [9.17, 15) is 0 Å². The Balaban J connectivity index is 1.75. The van der Waals surface area contributed by atoms with E-state index in [-0.39, 0.29) is 11.6 Å². The van der Waals surface area contributed by atoms with Gasteiger partial charge in [0.15, 0.2) is 0 Å². The van der Waals surface area contributed by atoms with Gasteiger partial charge in [-0.3, -0.25) is 19.9 Å². The van der Waals surface area contributed by atoms with E-state index in [2.05, 4.69) is 62.4 Å². The van der Waals surface area contributed by atoms with E-state index < -0.39 is 0 Å². The SMILES string of the molecule is CC1(CN(Cc2ccccn2)C(c2ccccn2)c2ccccn2)C=CC=CN1. The van der Waals surface area contributed by atoms with E-state index in [0.29, 0.717) is 6.54 Å². The van der Waals surface area contributed by atoms with Crippen LogP contribution in [0, 0.1) is 0 Å². The molecule has 4 rings (SSSR count). The van der Waals surface area contributed by atoms with Crippen molar-refractivity contribution in [2.45, 2.75) is 25.0 Å². The van der Waals surface area contributed by atoms with Crippen LogP contribution in [0.25, 0.3) is 0 Å². The highest BCUT2D eigenvalue weighted by molar-refractivity contribution is 5.25. The lowest BCUT2D eigenvalue weighted by Gasteiger charge is -2.38. The van der Waals surface area contributed by atoms with Crippen LogP contribution < -0.4 is 5.32 Å². The highest BCUT2D eigenvalue weighted by Crippen LogP contribution is 2.29. The molecule has 0 aromatic carbocycles. The van der Waals surface area contributed by atoms with Crippen LogP contribution in [-0.2, 0) is 6.54 Å². The maximum Gasteiger partial charge on any atom is 0.0954 e. The molecule has 5 nitrogen and oxygen atoms in total. The summed E-state index contributed by atoms with van der Waals surface area (Å²) in [7, 11) is 0. The van der Waals surface area contributed by atoms with Crippen molar-refractivity contribution < 1.29 is 0 Å². The van der Waals surface area contributed by atoms with Gasteiger partial charge in [0.1, 0.15) is 0 Å². The quantitative estimate of drug-likeness (QED) is 0.671. The summed E-state index contributed by atoms with van der Waals surface area (Å²) in [6, 6.07) is 18.0. The minimum atomic E-state index is -0.203. The lowest BCUT2D eigenvalue weighted by Crippen LogP contribution is -2.49. The van der Waals surface area contributed by atoms with Crippen molar-refractivity contribution in [2.24, 2.45) is 0 Å². The first kappa shape index (κ1) is 19.0. The molecule has 5 heteroatoms. The molecular weight excluding hydrogens is 358 g/mol. The molecule has 146 valence electrons. The maximum absolute atomic E-state index is 4.68. The minimum absolute atomic E-state index is 0.0858. The lowest BCUT2D eigenvalue weighted by molar-refractivity contribution is 0.169. The zero-order valence-electron chi connectivity index (χ0n) is 16.5. The van der Waals surface area contributed by atoms with Crippen molar-refractivity contribution in [3.05, 3.63) is 115 Å². The fourth-order valence-corrected chi connectivity index (χ4v) is 3.67. The van der Waals surface area contributed by atoms with Gasteiger partial charge in [-0.05, 0) is 55.6 Å². The standard InChI is InChI=1S/C24H25N5/c1-24(13-5-9-17-28-24)19-29(18-20-10-2-6-14-25-20)23(21-11-3-7-15-26-21)22-12-4-8-16-27-22/h2-17,23,28H,18-19H2,1H3. The Labute approximate surface area is 171 Å². The van der Waals surface area contributed by atoms with E-state index >= 15 is 0 Å². The van der Waals surface area contributed by atoms with Crippen LogP contribution in [0.15, 0.2) is 97.6 Å². The second kappa shape index (κ2) is 8.80. The Bertz CT molecular complexity index is 917. The van der Waals surface area contributed by atoms with Gasteiger partial charge in [0.25, 0.3) is 0 Å². The van der Waals surface area contributed by atoms with E-state index in [1.54, 1.807) is 0 Å². The van der Waals surface area contributed by atoms with Crippen LogP contribution in [0.2, 0.25) is 0 Å². The van der Waals surface area contributed by atoms with Crippen molar-refractivity contribution in [1.82, 2.24) is 25.2 Å². The molecule has 0 amide bonds. The first-order valence-corrected chi connectivity index (χ1v) is 9.81. The summed E-state index contributed by atoms with van der Waals surface area (Å²) in [4.78, 5) is 16.3. The molecule has 1 unspecified atom stereocenters. The Kier molecular flexibility index (Phi) is 5.77. The van der Waals surface area contributed by atoms with Gasteiger partial charge in [0, 0.05) is 31.7 Å². The minimum Gasteiger partial charge on any atom is -0.381 e. The second-order valence-corrected chi connectivity index (χ2v) is 7.42. The number of aromatic nitrogens is 3. The number of hydrogen-bond donors (Lipinski definition) is 1. The fraction of sp³-hybridized carbons (Fsp3) is 0.208. The third-order valence-electron chi connectivity index (χ3n) is 5.01. The third kappa shape index (κ3) is 4.76. The molecule has 0 fully saturated rings. The molecule has 0 saturated carbocycles. The average molecular weight is 383 g/mol. The molecule has 0 spiro atoms. The largest absolute Gasteiger partial charge is 0.381 e.